The van der Waals surface area contributed by atoms with Crippen LogP contribution in [0.25, 0.3) is 0 Å². The highest BCUT2D eigenvalue weighted by atomic mass is 32.2. The van der Waals surface area contributed by atoms with Crippen molar-refractivity contribution in [3.8, 4) is 5.75 Å². The maximum atomic E-state index is 14.9. The van der Waals surface area contributed by atoms with E-state index in [1.54, 1.807) is 6.07 Å². The van der Waals surface area contributed by atoms with E-state index in [4.69, 9.17) is 9.88 Å². The zero-order valence-corrected chi connectivity index (χ0v) is 19.8. The molecule has 1 saturated heterocycles. The van der Waals surface area contributed by atoms with Gasteiger partial charge in [-0.2, -0.15) is 0 Å². The Kier molecular flexibility index (Phi) is 6.47. The Morgan fingerprint density at radius 3 is 2.55 bits per heavy atom. The van der Waals surface area contributed by atoms with E-state index in [9.17, 15) is 12.8 Å². The fourth-order valence-corrected chi connectivity index (χ4v) is 6.81. The van der Waals surface area contributed by atoms with Crippen molar-refractivity contribution in [2.24, 2.45) is 17.0 Å². The second kappa shape index (κ2) is 9.35. The summed E-state index contributed by atoms with van der Waals surface area (Å²) in [5.74, 6) is 0.744. The predicted molar refractivity (Wildman–Crippen MR) is 127 cm³/mol. The van der Waals surface area contributed by atoms with Crippen molar-refractivity contribution in [1.82, 2.24) is 4.90 Å². The molecule has 5 nitrogen and oxygen atoms in total. The van der Waals surface area contributed by atoms with E-state index in [-0.39, 0.29) is 24.1 Å². The number of nitrogens with zero attached hydrogens (tertiary/aromatic N) is 1. The molecule has 5 rings (SSSR count). The van der Waals surface area contributed by atoms with Crippen LogP contribution in [0.1, 0.15) is 48.3 Å². The zero-order chi connectivity index (χ0) is 23.0. The summed E-state index contributed by atoms with van der Waals surface area (Å²) in [6, 6.07) is 14.0. The maximum absolute atomic E-state index is 14.9. The van der Waals surface area contributed by atoms with Crippen LogP contribution in [0.4, 0.5) is 4.39 Å². The minimum absolute atomic E-state index is 0.117. The van der Waals surface area contributed by atoms with Crippen LogP contribution in [0, 0.1) is 17.7 Å². The molecule has 3 atom stereocenters. The molecule has 2 fully saturated rings. The quantitative estimate of drug-likeness (QED) is 0.570. The van der Waals surface area contributed by atoms with Crippen LogP contribution in [-0.2, 0) is 22.9 Å². The predicted octanol–water partition coefficient (Wildman–Crippen LogP) is 3.87. The van der Waals surface area contributed by atoms with Gasteiger partial charge in [0.15, 0.2) is 11.6 Å². The molecule has 178 valence electrons. The molecule has 3 unspecified atom stereocenters. The van der Waals surface area contributed by atoms with E-state index in [1.165, 1.54) is 17.5 Å². The molecule has 33 heavy (non-hydrogen) atoms. The van der Waals surface area contributed by atoms with E-state index in [2.05, 4.69) is 29.2 Å². The van der Waals surface area contributed by atoms with Crippen LogP contribution in [0.15, 0.2) is 42.5 Å². The average molecular weight is 473 g/mol. The van der Waals surface area contributed by atoms with Crippen LogP contribution in [-0.4, -0.2) is 44.8 Å². The maximum Gasteiger partial charge on any atom is 0.212 e. The number of hydrogen-bond donors (Lipinski definition) is 1. The SMILES string of the molecule is NS(=O)(=O)C(CCOc1cc2c(cc1F)CC(CN1CCC1)C2Cc1ccccc1)C1CC1. The third-order valence-corrected chi connectivity index (χ3v) is 9.08. The molecule has 0 radical (unpaired) electrons. The third kappa shape index (κ3) is 5.26. The van der Waals surface area contributed by atoms with Crippen molar-refractivity contribution in [3.63, 3.8) is 0 Å². The number of hydrogen-bond acceptors (Lipinski definition) is 4. The molecular weight excluding hydrogens is 439 g/mol. The first kappa shape index (κ1) is 22.8. The Morgan fingerprint density at radius 1 is 1.15 bits per heavy atom. The van der Waals surface area contributed by atoms with Gasteiger partial charge in [-0.1, -0.05) is 30.3 Å². The van der Waals surface area contributed by atoms with Crippen LogP contribution < -0.4 is 9.88 Å². The van der Waals surface area contributed by atoms with E-state index in [1.807, 2.05) is 12.1 Å². The van der Waals surface area contributed by atoms with Gasteiger partial charge < -0.3 is 9.64 Å². The van der Waals surface area contributed by atoms with Crippen molar-refractivity contribution in [3.05, 3.63) is 65.0 Å². The van der Waals surface area contributed by atoms with Crippen LogP contribution >= 0.6 is 0 Å². The molecule has 0 aromatic heterocycles. The molecule has 0 spiro atoms. The number of rotatable bonds is 10. The van der Waals surface area contributed by atoms with Gasteiger partial charge in [0.25, 0.3) is 0 Å². The van der Waals surface area contributed by atoms with Gasteiger partial charge in [-0.3, -0.25) is 0 Å². The van der Waals surface area contributed by atoms with E-state index in [0.717, 1.165) is 50.9 Å². The summed E-state index contributed by atoms with van der Waals surface area (Å²) in [6.45, 7) is 3.49. The molecule has 2 aromatic rings. The number of likely N-dealkylation sites (tertiary alicyclic amines) is 1. The van der Waals surface area contributed by atoms with Gasteiger partial charge in [0.05, 0.1) is 11.9 Å². The summed E-state index contributed by atoms with van der Waals surface area (Å²) >= 11 is 0. The number of halogens is 1. The summed E-state index contributed by atoms with van der Waals surface area (Å²) in [4.78, 5) is 2.49. The van der Waals surface area contributed by atoms with E-state index >= 15 is 0 Å². The topological polar surface area (TPSA) is 72.6 Å². The Labute approximate surface area is 196 Å². The summed E-state index contributed by atoms with van der Waals surface area (Å²) in [7, 11) is -3.61. The third-order valence-electron chi connectivity index (χ3n) is 7.61. The van der Waals surface area contributed by atoms with E-state index in [0.29, 0.717) is 18.3 Å². The highest BCUT2D eigenvalue weighted by Gasteiger charge is 2.38. The lowest BCUT2D eigenvalue weighted by Crippen LogP contribution is -2.41. The van der Waals surface area contributed by atoms with Crippen molar-refractivity contribution in [2.75, 3.05) is 26.2 Å². The number of primary sulfonamides is 1. The molecule has 2 N–H and O–H groups in total. The lowest BCUT2D eigenvalue weighted by molar-refractivity contribution is 0.145. The number of sulfonamides is 1. The molecule has 1 heterocycles. The van der Waals surface area contributed by atoms with Crippen molar-refractivity contribution in [1.29, 1.82) is 0 Å². The number of nitrogens with two attached hydrogens (primary N) is 1. The van der Waals surface area contributed by atoms with Crippen molar-refractivity contribution in [2.45, 2.75) is 49.7 Å². The highest BCUT2D eigenvalue weighted by molar-refractivity contribution is 7.89. The molecule has 7 heteroatoms. The Hall–Kier alpha value is -1.96. The normalized spacial score (nSPS) is 23.7. The van der Waals surface area contributed by atoms with Crippen molar-refractivity contribution >= 4 is 10.0 Å². The lowest BCUT2D eigenvalue weighted by atomic mass is 9.86. The first-order valence-electron chi connectivity index (χ1n) is 12.1. The minimum atomic E-state index is -3.61. The first-order chi connectivity index (χ1) is 15.9. The van der Waals surface area contributed by atoms with Crippen LogP contribution in [0.2, 0.25) is 0 Å². The molecule has 0 bridgehead atoms. The Morgan fingerprint density at radius 2 is 1.91 bits per heavy atom. The summed E-state index contributed by atoms with van der Waals surface area (Å²) in [6.07, 6.45) is 5.13. The molecule has 0 amide bonds. The van der Waals surface area contributed by atoms with Gasteiger partial charge in [0, 0.05) is 6.54 Å². The van der Waals surface area contributed by atoms with Crippen LogP contribution in [0.5, 0.6) is 5.75 Å². The van der Waals surface area contributed by atoms with E-state index < -0.39 is 15.3 Å². The second-order valence-corrected chi connectivity index (χ2v) is 11.8. The largest absolute Gasteiger partial charge is 0.490 e. The van der Waals surface area contributed by atoms with Gasteiger partial charge in [-0.15, -0.1) is 0 Å². The molecule has 1 aliphatic heterocycles. The fourth-order valence-electron chi connectivity index (χ4n) is 5.58. The number of ether oxygens (including phenoxy) is 1. The lowest BCUT2D eigenvalue weighted by Gasteiger charge is -2.35. The van der Waals surface area contributed by atoms with Gasteiger partial charge in [-0.05, 0) is 98.2 Å². The fraction of sp³-hybridized carbons (Fsp3) is 0.538. The van der Waals surface area contributed by atoms with Gasteiger partial charge in [-0.25, -0.2) is 17.9 Å². The minimum Gasteiger partial charge on any atom is -0.490 e. The Balaban J connectivity index is 1.33. The van der Waals surface area contributed by atoms with Gasteiger partial charge in [0.2, 0.25) is 10.0 Å². The molecule has 2 aromatic carbocycles. The second-order valence-electron chi connectivity index (χ2n) is 10.00. The van der Waals surface area contributed by atoms with Crippen LogP contribution in [0.3, 0.4) is 0 Å². The highest BCUT2D eigenvalue weighted by Crippen LogP contribution is 2.43. The number of fused-ring (bicyclic) bond motifs is 1. The Bertz CT molecular complexity index is 1080. The molecular formula is C26H33FN2O3S. The van der Waals surface area contributed by atoms with Crippen molar-refractivity contribution < 1.29 is 17.5 Å². The standard InChI is InChI=1S/C26H33FN2O3S/c27-24-15-20-14-21(17-29-10-4-11-29)22(13-18-5-2-1-3-6-18)23(20)16-25(24)32-12-9-26(19-7-8-19)33(28,30)31/h1-3,5-6,15-16,19,21-22,26H,4,7-14,17H2,(H2,28,30,31). The smallest absolute Gasteiger partial charge is 0.212 e. The summed E-state index contributed by atoms with van der Waals surface area (Å²) in [5, 5.41) is 4.81. The zero-order valence-electron chi connectivity index (χ0n) is 19.0. The van der Waals surface area contributed by atoms with Gasteiger partial charge in [0.1, 0.15) is 0 Å². The molecule has 1 saturated carbocycles. The average Bonchev–Trinajstić information content (AvgIpc) is 3.52. The monoisotopic (exact) mass is 472 g/mol. The summed E-state index contributed by atoms with van der Waals surface area (Å²) in [5.41, 5.74) is 3.54. The molecule has 3 aliphatic rings. The first-order valence-corrected chi connectivity index (χ1v) is 13.7. The molecule has 2 aliphatic carbocycles. The number of benzene rings is 2. The van der Waals surface area contributed by atoms with Gasteiger partial charge >= 0.3 is 0 Å². The summed E-state index contributed by atoms with van der Waals surface area (Å²) < 4.78 is 44.5.